The van der Waals surface area contributed by atoms with Crippen molar-refractivity contribution in [2.45, 2.75) is 18.3 Å². The number of aliphatic carboxylic acids is 1. The molecular weight excluding hydrogens is 288 g/mol. The van der Waals surface area contributed by atoms with E-state index in [2.05, 4.69) is 10.6 Å². The van der Waals surface area contributed by atoms with E-state index in [0.29, 0.717) is 18.5 Å². The van der Waals surface area contributed by atoms with Crippen LogP contribution in [0.5, 0.6) is 0 Å². The van der Waals surface area contributed by atoms with Gasteiger partial charge in [0, 0.05) is 11.1 Å². The van der Waals surface area contributed by atoms with Crippen molar-refractivity contribution in [1.82, 2.24) is 0 Å². The molecule has 2 amide bonds. The van der Waals surface area contributed by atoms with Gasteiger partial charge in [-0.25, -0.2) is 4.79 Å². The molecule has 6 heteroatoms. The van der Waals surface area contributed by atoms with Crippen molar-refractivity contribution in [3.05, 3.63) is 46.7 Å². The molecule has 2 aromatic rings. The van der Waals surface area contributed by atoms with Crippen LogP contribution in [0.3, 0.4) is 0 Å². The SMILES string of the molecule is O=C(Nc1ccc(C2(C(=O)O)CC2)cc1)Nc1ccsc1. The highest BCUT2D eigenvalue weighted by Gasteiger charge is 2.51. The van der Waals surface area contributed by atoms with Crippen LogP contribution in [-0.4, -0.2) is 17.1 Å². The third kappa shape index (κ3) is 2.75. The molecule has 0 saturated heterocycles. The van der Waals surface area contributed by atoms with Crippen LogP contribution in [0.25, 0.3) is 0 Å². The van der Waals surface area contributed by atoms with E-state index in [9.17, 15) is 14.7 Å². The summed E-state index contributed by atoms with van der Waals surface area (Å²) in [7, 11) is 0. The van der Waals surface area contributed by atoms with Gasteiger partial charge >= 0.3 is 12.0 Å². The lowest BCUT2D eigenvalue weighted by atomic mass is 9.96. The first-order valence-corrected chi connectivity index (χ1v) is 7.49. The van der Waals surface area contributed by atoms with Gasteiger partial charge in [-0.15, -0.1) is 0 Å². The van der Waals surface area contributed by atoms with Gasteiger partial charge in [0.25, 0.3) is 0 Å². The van der Waals surface area contributed by atoms with Gasteiger partial charge in [-0.1, -0.05) is 12.1 Å². The second-order valence-corrected chi connectivity index (χ2v) is 5.84. The maximum absolute atomic E-state index is 11.8. The van der Waals surface area contributed by atoms with E-state index in [0.717, 1.165) is 11.3 Å². The number of thiophene rings is 1. The highest BCUT2D eigenvalue weighted by molar-refractivity contribution is 7.08. The Bertz CT molecular complexity index is 661. The zero-order chi connectivity index (χ0) is 14.9. The lowest BCUT2D eigenvalue weighted by molar-refractivity contribution is -0.140. The average Bonchev–Trinajstić information content (AvgIpc) is 3.12. The molecule has 108 valence electrons. The minimum absolute atomic E-state index is 0.319. The molecule has 0 bridgehead atoms. The molecule has 3 rings (SSSR count). The topological polar surface area (TPSA) is 78.4 Å². The fraction of sp³-hybridized carbons (Fsp3) is 0.200. The number of amides is 2. The van der Waals surface area contributed by atoms with Crippen LogP contribution < -0.4 is 10.6 Å². The second kappa shape index (κ2) is 5.21. The molecular formula is C15H14N2O3S. The molecule has 0 atom stereocenters. The molecule has 1 heterocycles. The lowest BCUT2D eigenvalue weighted by Crippen LogP contribution is -2.20. The Balaban J connectivity index is 1.65. The van der Waals surface area contributed by atoms with Crippen LogP contribution in [-0.2, 0) is 10.2 Å². The number of carboxylic acids is 1. The van der Waals surface area contributed by atoms with Gasteiger partial charge in [0.15, 0.2) is 0 Å². The zero-order valence-electron chi connectivity index (χ0n) is 11.1. The third-order valence-corrected chi connectivity index (χ3v) is 4.32. The summed E-state index contributed by atoms with van der Waals surface area (Å²) in [4.78, 5) is 23.0. The average molecular weight is 302 g/mol. The molecule has 5 nitrogen and oxygen atoms in total. The van der Waals surface area contributed by atoms with E-state index in [4.69, 9.17) is 0 Å². The summed E-state index contributed by atoms with van der Waals surface area (Å²) in [6.07, 6.45) is 1.35. The highest BCUT2D eigenvalue weighted by atomic mass is 32.1. The number of rotatable bonds is 4. The van der Waals surface area contributed by atoms with Gasteiger partial charge in [-0.3, -0.25) is 4.79 Å². The molecule has 1 saturated carbocycles. The summed E-state index contributed by atoms with van der Waals surface area (Å²) in [5, 5.41) is 18.4. The molecule has 1 aliphatic carbocycles. The minimum Gasteiger partial charge on any atom is -0.481 e. The van der Waals surface area contributed by atoms with Crippen LogP contribution in [0.1, 0.15) is 18.4 Å². The number of carbonyl (C=O) groups excluding carboxylic acids is 1. The fourth-order valence-electron chi connectivity index (χ4n) is 2.25. The summed E-state index contributed by atoms with van der Waals surface area (Å²) in [6.45, 7) is 0. The third-order valence-electron chi connectivity index (χ3n) is 3.63. The number of carboxylic acid groups (broad SMARTS) is 1. The summed E-state index contributed by atoms with van der Waals surface area (Å²) in [5.74, 6) is -0.779. The Morgan fingerprint density at radius 3 is 2.24 bits per heavy atom. The van der Waals surface area contributed by atoms with E-state index in [-0.39, 0.29) is 6.03 Å². The van der Waals surface area contributed by atoms with Crippen molar-refractivity contribution >= 4 is 34.7 Å². The number of urea groups is 1. The predicted molar refractivity (Wildman–Crippen MR) is 82.0 cm³/mol. The number of anilines is 2. The first kappa shape index (κ1) is 13.6. The minimum atomic E-state index is -0.779. The normalized spacial score (nSPS) is 15.2. The van der Waals surface area contributed by atoms with E-state index in [1.165, 1.54) is 11.3 Å². The van der Waals surface area contributed by atoms with Gasteiger partial charge in [0.1, 0.15) is 0 Å². The number of carbonyl (C=O) groups is 2. The molecule has 0 aliphatic heterocycles. The van der Waals surface area contributed by atoms with Gasteiger partial charge in [-0.2, -0.15) is 11.3 Å². The van der Waals surface area contributed by atoms with Crippen molar-refractivity contribution < 1.29 is 14.7 Å². The van der Waals surface area contributed by atoms with Gasteiger partial charge in [0.05, 0.1) is 11.1 Å². The monoisotopic (exact) mass is 302 g/mol. The lowest BCUT2D eigenvalue weighted by Gasteiger charge is -2.11. The van der Waals surface area contributed by atoms with E-state index in [1.807, 2.05) is 16.8 Å². The van der Waals surface area contributed by atoms with Gasteiger partial charge < -0.3 is 15.7 Å². The van der Waals surface area contributed by atoms with E-state index < -0.39 is 11.4 Å². The number of hydrogen-bond donors (Lipinski definition) is 3. The number of benzene rings is 1. The van der Waals surface area contributed by atoms with Crippen molar-refractivity contribution in [2.75, 3.05) is 10.6 Å². The summed E-state index contributed by atoms with van der Waals surface area (Å²) < 4.78 is 0. The quantitative estimate of drug-likeness (QED) is 0.808. The molecule has 3 N–H and O–H groups in total. The molecule has 1 aromatic heterocycles. The molecule has 1 aliphatic rings. The summed E-state index contributed by atoms with van der Waals surface area (Å²) in [5.41, 5.74) is 1.46. The standard InChI is InChI=1S/C15H14N2O3S/c18-13(19)15(6-7-15)10-1-3-11(4-2-10)16-14(20)17-12-5-8-21-9-12/h1-5,8-9H,6-7H2,(H,18,19)(H2,16,17,20). The smallest absolute Gasteiger partial charge is 0.323 e. The molecule has 0 unspecified atom stereocenters. The zero-order valence-corrected chi connectivity index (χ0v) is 11.9. The van der Waals surface area contributed by atoms with Crippen molar-refractivity contribution in [2.24, 2.45) is 0 Å². The Morgan fingerprint density at radius 1 is 1.05 bits per heavy atom. The summed E-state index contributed by atoms with van der Waals surface area (Å²) in [6, 6.07) is 8.48. The van der Waals surface area contributed by atoms with E-state index >= 15 is 0 Å². The predicted octanol–water partition coefficient (Wildman–Crippen LogP) is 3.51. The largest absolute Gasteiger partial charge is 0.481 e. The first-order valence-electron chi connectivity index (χ1n) is 6.54. The Kier molecular flexibility index (Phi) is 3.39. The van der Waals surface area contributed by atoms with Crippen molar-refractivity contribution in [3.8, 4) is 0 Å². The summed E-state index contributed by atoms with van der Waals surface area (Å²) >= 11 is 1.50. The molecule has 1 fully saturated rings. The maximum atomic E-state index is 11.8. The Hall–Kier alpha value is -2.34. The highest BCUT2D eigenvalue weighted by Crippen LogP contribution is 2.48. The van der Waals surface area contributed by atoms with Crippen molar-refractivity contribution in [3.63, 3.8) is 0 Å². The fourth-order valence-corrected chi connectivity index (χ4v) is 2.84. The molecule has 0 spiro atoms. The van der Waals surface area contributed by atoms with Crippen LogP contribution >= 0.6 is 11.3 Å². The van der Waals surface area contributed by atoms with Crippen LogP contribution in [0.15, 0.2) is 41.1 Å². The van der Waals surface area contributed by atoms with Crippen LogP contribution in [0.2, 0.25) is 0 Å². The maximum Gasteiger partial charge on any atom is 0.323 e. The van der Waals surface area contributed by atoms with Gasteiger partial charge in [0.2, 0.25) is 0 Å². The number of hydrogen-bond acceptors (Lipinski definition) is 3. The Labute approximate surface area is 125 Å². The first-order chi connectivity index (χ1) is 10.1. The van der Waals surface area contributed by atoms with E-state index in [1.54, 1.807) is 24.3 Å². The van der Waals surface area contributed by atoms with Crippen LogP contribution in [0.4, 0.5) is 16.2 Å². The molecule has 21 heavy (non-hydrogen) atoms. The van der Waals surface area contributed by atoms with Crippen LogP contribution in [0, 0.1) is 0 Å². The molecule has 0 radical (unpaired) electrons. The van der Waals surface area contributed by atoms with Crippen molar-refractivity contribution in [1.29, 1.82) is 0 Å². The molecule has 1 aromatic carbocycles. The second-order valence-electron chi connectivity index (χ2n) is 5.06. The number of nitrogens with one attached hydrogen (secondary N) is 2. The Morgan fingerprint density at radius 2 is 1.71 bits per heavy atom. The van der Waals surface area contributed by atoms with Gasteiger partial charge in [-0.05, 0) is 42.0 Å².